The molecule has 0 radical (unpaired) electrons. The van der Waals surface area contributed by atoms with Crippen molar-refractivity contribution < 1.29 is 44.7 Å². The molecule has 0 aliphatic carbocycles. The molecule has 68 heavy (non-hydrogen) atoms. The molecule has 350 valence electrons. The van der Waals surface area contributed by atoms with Crippen LogP contribution in [0.2, 0.25) is 0 Å². The lowest BCUT2D eigenvalue weighted by Crippen LogP contribution is -2.30. The molecule has 7 rings (SSSR count). The van der Waals surface area contributed by atoms with Crippen LogP contribution in [0, 0.1) is 13.8 Å². The van der Waals surface area contributed by atoms with Crippen LogP contribution in [0.5, 0.6) is 0 Å². The van der Waals surface area contributed by atoms with Gasteiger partial charge in [0.25, 0.3) is 11.8 Å². The number of anilines is 8. The molecule has 0 spiro atoms. The van der Waals surface area contributed by atoms with Crippen molar-refractivity contribution in [1.82, 2.24) is 0 Å². The van der Waals surface area contributed by atoms with E-state index >= 15 is 0 Å². The van der Waals surface area contributed by atoms with Gasteiger partial charge in [-0.15, -0.1) is 0 Å². The smallest absolute Gasteiger partial charge is 0.254 e. The predicted molar refractivity (Wildman–Crippen MR) is 263 cm³/mol. The van der Waals surface area contributed by atoms with Crippen LogP contribution >= 0.6 is 0 Å². The number of hydrogen-bond donors (Lipinski definition) is 2. The first-order valence-corrected chi connectivity index (χ1v) is 24.0. The first-order valence-electron chi connectivity index (χ1n) is 21.2. The highest BCUT2D eigenvalue weighted by atomic mass is 32.2. The summed E-state index contributed by atoms with van der Waals surface area (Å²) in [5.74, 6) is -0.545. The summed E-state index contributed by atoms with van der Waals surface area (Å²) in [5, 5.41) is 6.78. The minimum atomic E-state index is -4.27. The van der Waals surface area contributed by atoms with Gasteiger partial charge in [0.15, 0.2) is 24.8 Å². The first kappa shape index (κ1) is 51.2. The van der Waals surface area contributed by atoms with Gasteiger partial charge in [0.1, 0.15) is 33.3 Å². The van der Waals surface area contributed by atoms with Crippen LogP contribution < -0.4 is 29.6 Å². The van der Waals surface area contributed by atoms with E-state index in [0.717, 1.165) is 47.0 Å². The molecule has 16 heteroatoms. The molecule has 5 aromatic carbocycles. The molecule has 0 saturated carbocycles. The number of benzene rings is 5. The van der Waals surface area contributed by atoms with Gasteiger partial charge in [0.2, 0.25) is 0 Å². The molecule has 7 aromatic rings. The topological polar surface area (TPSA) is 187 Å². The number of pyridine rings is 2. The monoisotopic (exact) mass is 952 g/mol. The molecule has 2 aromatic heterocycles. The normalized spacial score (nSPS) is 10.8. The van der Waals surface area contributed by atoms with Crippen molar-refractivity contribution in [2.75, 3.05) is 20.4 Å². The lowest BCUT2D eigenvalue weighted by Gasteiger charge is -2.25. The molecule has 14 nitrogen and oxygen atoms in total. The van der Waals surface area contributed by atoms with Gasteiger partial charge in [-0.1, -0.05) is 48.6 Å². The number of aryl methyl sites for hydroxylation is 4. The van der Waals surface area contributed by atoms with E-state index in [2.05, 4.69) is 46.8 Å². The van der Waals surface area contributed by atoms with Crippen LogP contribution in [-0.4, -0.2) is 37.8 Å². The van der Waals surface area contributed by atoms with Gasteiger partial charge in [-0.2, -0.15) is 0 Å². The fraction of sp³-hybridized carbons (Fsp3) is 0.115. The summed E-state index contributed by atoms with van der Waals surface area (Å²) in [6.45, 7) is 17.1. The number of rotatable bonds is 14. The lowest BCUT2D eigenvalue weighted by molar-refractivity contribution is -0.693. The minimum absolute atomic E-state index is 0.178. The lowest BCUT2D eigenvalue weighted by atomic mass is 10.1. The largest absolute Gasteiger partial charge is 0.744 e. The molecule has 0 aliphatic heterocycles. The quantitative estimate of drug-likeness (QED) is 0.0605. The molecule has 2 N–H and O–H groups in total. The number of carbonyl (C=O) groups excluding carboxylic acids is 2. The van der Waals surface area contributed by atoms with E-state index < -0.39 is 20.2 Å². The summed E-state index contributed by atoms with van der Waals surface area (Å²) in [6, 6.07) is 42.1. The van der Waals surface area contributed by atoms with E-state index in [1.807, 2.05) is 136 Å². The third-order valence-electron chi connectivity index (χ3n) is 10.1. The van der Waals surface area contributed by atoms with Gasteiger partial charge >= 0.3 is 0 Å². The summed E-state index contributed by atoms with van der Waals surface area (Å²) < 4.78 is 66.5. The predicted octanol–water partition coefficient (Wildman–Crippen LogP) is 9.29. The van der Waals surface area contributed by atoms with E-state index in [0.29, 0.717) is 22.7 Å². The molecule has 0 fully saturated rings. The zero-order valence-electron chi connectivity index (χ0n) is 38.0. The Balaban J connectivity index is 0.000000319. The van der Waals surface area contributed by atoms with E-state index in [4.69, 9.17) is 0 Å². The van der Waals surface area contributed by atoms with Crippen LogP contribution in [-0.2, 0) is 42.9 Å². The second-order valence-electron chi connectivity index (χ2n) is 15.0. The Morgan fingerprint density at radius 2 is 0.721 bits per heavy atom. The Kier molecular flexibility index (Phi) is 17.8. The van der Waals surface area contributed by atoms with Crippen molar-refractivity contribution >= 4 is 77.5 Å². The van der Waals surface area contributed by atoms with Crippen molar-refractivity contribution in [3.63, 3.8) is 0 Å². The number of hydrogen-bond acceptors (Lipinski definition) is 10. The third kappa shape index (κ3) is 14.6. The molecule has 2 amide bonds. The van der Waals surface area contributed by atoms with Gasteiger partial charge in [-0.3, -0.25) is 19.4 Å². The van der Waals surface area contributed by atoms with Crippen molar-refractivity contribution in [1.29, 1.82) is 0 Å². The van der Waals surface area contributed by atoms with Gasteiger partial charge in [-0.25, -0.2) is 26.0 Å². The van der Waals surface area contributed by atoms with Crippen LogP contribution in [0.25, 0.3) is 0 Å². The summed E-state index contributed by atoms with van der Waals surface area (Å²) >= 11 is 0. The second-order valence-corrected chi connectivity index (χ2v) is 17.7. The minimum Gasteiger partial charge on any atom is -0.744 e. The highest BCUT2D eigenvalue weighted by Crippen LogP contribution is 2.33. The van der Waals surface area contributed by atoms with Crippen LogP contribution in [0.1, 0.15) is 25.0 Å². The maximum Gasteiger partial charge on any atom is 0.254 e. The van der Waals surface area contributed by atoms with Gasteiger partial charge < -0.3 is 19.7 Å². The fourth-order valence-corrected chi connectivity index (χ4v) is 7.31. The van der Waals surface area contributed by atoms with Gasteiger partial charge in [0.05, 0.1) is 21.2 Å². The number of nitrogens with one attached hydrogen (secondary N) is 2. The summed E-state index contributed by atoms with van der Waals surface area (Å²) in [4.78, 5) is 28.9. The Morgan fingerprint density at radius 3 is 0.956 bits per heavy atom. The van der Waals surface area contributed by atoms with E-state index in [1.54, 1.807) is 34.1 Å². The number of nitrogens with zero attached hydrogens (tertiary/aromatic N) is 4. The molecule has 0 unspecified atom stereocenters. The molecular weight excluding hydrogens is 901 g/mol. The Labute approximate surface area is 398 Å². The van der Waals surface area contributed by atoms with Crippen molar-refractivity contribution in [2.45, 2.75) is 50.6 Å². The van der Waals surface area contributed by atoms with Crippen molar-refractivity contribution in [2.24, 2.45) is 0 Å². The molecule has 0 bridgehead atoms. The van der Waals surface area contributed by atoms with E-state index in [9.17, 15) is 35.5 Å². The molecule has 0 atom stereocenters. The van der Waals surface area contributed by atoms with Crippen LogP contribution in [0.4, 0.5) is 45.5 Å². The van der Waals surface area contributed by atoms with Crippen LogP contribution in [0.15, 0.2) is 205 Å². The van der Waals surface area contributed by atoms with Crippen LogP contribution in [0.3, 0.4) is 0 Å². The summed E-state index contributed by atoms with van der Waals surface area (Å²) in [5.41, 5.74) is 8.23. The Hall–Kier alpha value is -7.76. The van der Waals surface area contributed by atoms with E-state index in [1.165, 1.54) is 36.4 Å². The summed E-state index contributed by atoms with van der Waals surface area (Å²) in [6.07, 6.45) is 10.7. The molecule has 0 saturated heterocycles. The highest BCUT2D eigenvalue weighted by molar-refractivity contribution is 7.86. The van der Waals surface area contributed by atoms with Crippen molar-refractivity contribution in [3.8, 4) is 0 Å². The molecule has 2 heterocycles. The zero-order chi connectivity index (χ0) is 49.4. The number of aromatic nitrogens is 2. The van der Waals surface area contributed by atoms with E-state index in [-0.39, 0.29) is 21.6 Å². The average molecular weight is 953 g/mol. The zero-order valence-corrected chi connectivity index (χ0v) is 39.7. The number of carbonyl (C=O) groups is 2. The maximum atomic E-state index is 13.0. The van der Waals surface area contributed by atoms with Crippen molar-refractivity contribution in [3.05, 3.63) is 207 Å². The molecule has 0 aliphatic rings. The Morgan fingerprint density at radius 1 is 0.471 bits per heavy atom. The molecular formula is C52H52N6O8S2. The fourth-order valence-electron chi connectivity index (χ4n) is 6.37. The Bertz CT molecular complexity index is 2810. The SMILES string of the molecule is C=CC(=O)N(c1ccc(Nc2cc[n+](CC)cc2)cc1)c1ccc(N(C(=O)C=C)c2ccc(Nc3cc[n+](CC)cc3)cc2)cc1.Cc1ccc(S(=O)(=O)[O-])cc1.Cc1ccc(S(=O)(=O)[O-])cc1. The standard InChI is InChI=1S/C38H36N6O2.2C7H8O3S/c1-5-37(45)43(33-13-9-29(10-14-33)39-31-21-25-41(7-3)26-22-31)35-17-19-36(20-18-35)44(38(46)6-2)34-15-11-30(12-16-34)40-32-23-27-42(8-4)28-24-32;2*1-6-2-4-7(5-3-6)11(8,9)10/h5-6,9-28H,1-2,7-8H2,3-4H3;2*2-5H,1H3,(H,8,9,10). The first-order chi connectivity index (χ1) is 32.4. The number of amides is 2. The van der Waals surface area contributed by atoms with Gasteiger partial charge in [-0.05, 0) is 137 Å². The summed E-state index contributed by atoms with van der Waals surface area (Å²) in [7, 11) is -8.54. The average Bonchev–Trinajstić information content (AvgIpc) is 3.33. The highest BCUT2D eigenvalue weighted by Gasteiger charge is 2.19. The maximum absolute atomic E-state index is 13.0. The second kappa shape index (κ2) is 23.6. The third-order valence-corrected chi connectivity index (χ3v) is 11.8. The van der Waals surface area contributed by atoms with Gasteiger partial charge in [0, 0.05) is 58.4 Å².